The van der Waals surface area contributed by atoms with Crippen molar-refractivity contribution < 1.29 is 47.8 Å². The highest BCUT2D eigenvalue weighted by Gasteiger charge is 2.40. The minimum atomic E-state index is -0.583. The van der Waals surface area contributed by atoms with E-state index in [1.54, 1.807) is 0 Å². The van der Waals surface area contributed by atoms with E-state index in [1.165, 1.54) is 44.5 Å². The number of hydrogen-bond acceptors (Lipinski definition) is 10. The van der Waals surface area contributed by atoms with Crippen molar-refractivity contribution in [3.63, 3.8) is 0 Å². The molecule has 4 aromatic carbocycles. The molecule has 0 bridgehead atoms. The highest BCUT2D eigenvalue weighted by Crippen LogP contribution is 2.46. The Morgan fingerprint density at radius 3 is 1.15 bits per heavy atom. The average Bonchev–Trinajstić information content (AvgIpc) is 4.12. The van der Waals surface area contributed by atoms with Crippen molar-refractivity contribution in [2.24, 2.45) is 11.8 Å². The molecule has 4 aromatic rings. The predicted molar refractivity (Wildman–Crippen MR) is 240 cm³/mol. The lowest BCUT2D eigenvalue weighted by Gasteiger charge is -2.27. The summed E-state index contributed by atoms with van der Waals surface area (Å²) in [4.78, 5) is 87.5. The summed E-state index contributed by atoms with van der Waals surface area (Å²) in [5, 5.41) is 5.68. The summed E-state index contributed by atoms with van der Waals surface area (Å²) in [6.07, 6.45) is 11.7. The van der Waals surface area contributed by atoms with Crippen molar-refractivity contribution >= 4 is 36.3 Å². The van der Waals surface area contributed by atoms with E-state index in [2.05, 4.69) is 71.3 Å². The van der Waals surface area contributed by atoms with Gasteiger partial charge in [-0.05, 0) is 70.2 Å². The summed E-state index contributed by atoms with van der Waals surface area (Å²) in [6.45, 7) is 5.93. The van der Waals surface area contributed by atoms with Crippen LogP contribution in [0.3, 0.4) is 0 Å². The molecule has 0 saturated carbocycles. The van der Waals surface area contributed by atoms with Crippen LogP contribution in [-0.4, -0.2) is 96.6 Å². The second-order valence-electron chi connectivity index (χ2n) is 17.0. The standard InChI is InChI=1S/2C25H26N2O3.2CO2/c2*1-16-12-13-17-7-6-14-27(17)24(28)23(16)26-25(29)30-15-22-20-10-4-2-8-18(20)19-9-3-5-11-21(19)22;2*2-1-3/h2*2-5,8-13,16-17,22-23H,6-7,14-15H2,1H3,(H,26,29);;/t16-,17+,23-;16-,17-,23+;;/m01../s1. The molecule has 4 aliphatic heterocycles. The summed E-state index contributed by atoms with van der Waals surface area (Å²) in [7, 11) is 0. The van der Waals surface area contributed by atoms with Gasteiger partial charge in [-0.1, -0.05) is 135 Å². The van der Waals surface area contributed by atoms with Crippen molar-refractivity contribution in [2.45, 2.75) is 75.5 Å². The zero-order valence-corrected chi connectivity index (χ0v) is 36.8. The topological polar surface area (TPSA) is 186 Å². The first-order valence-corrected chi connectivity index (χ1v) is 22.3. The van der Waals surface area contributed by atoms with Gasteiger partial charge >= 0.3 is 24.5 Å². The Labute approximate surface area is 383 Å². The highest BCUT2D eigenvalue weighted by atomic mass is 16.6. The van der Waals surface area contributed by atoms with Gasteiger partial charge in [-0.15, -0.1) is 0 Å². The lowest BCUT2D eigenvalue weighted by Crippen LogP contribution is -2.51. The first kappa shape index (κ1) is 46.6. The van der Waals surface area contributed by atoms with Gasteiger partial charge in [-0.25, -0.2) is 9.59 Å². The van der Waals surface area contributed by atoms with Gasteiger partial charge in [-0.3, -0.25) is 9.59 Å². The number of hydrogen-bond donors (Lipinski definition) is 2. The van der Waals surface area contributed by atoms with Crippen LogP contribution in [0, 0.1) is 11.8 Å². The van der Waals surface area contributed by atoms with Crippen LogP contribution in [0.15, 0.2) is 121 Å². The Hall–Kier alpha value is -7.40. The van der Waals surface area contributed by atoms with Crippen LogP contribution in [0.2, 0.25) is 0 Å². The maximum atomic E-state index is 13.0. The van der Waals surface area contributed by atoms with E-state index in [0.29, 0.717) is 0 Å². The van der Waals surface area contributed by atoms with Gasteiger partial charge in [-0.2, -0.15) is 19.2 Å². The van der Waals surface area contributed by atoms with E-state index >= 15 is 0 Å². The molecule has 2 aliphatic carbocycles. The fourth-order valence-electron chi connectivity index (χ4n) is 10.1. The van der Waals surface area contributed by atoms with Crippen molar-refractivity contribution in [1.29, 1.82) is 0 Å². The Morgan fingerprint density at radius 1 is 0.530 bits per heavy atom. The number of nitrogens with zero attached hydrogens (tertiary/aromatic N) is 2. The number of fused-ring (bicyclic) bond motifs is 8. The summed E-state index contributed by atoms with van der Waals surface area (Å²) in [6, 6.07) is 32.2. The van der Waals surface area contributed by atoms with Crippen LogP contribution in [0.25, 0.3) is 22.3 Å². The number of ether oxygens (including phenoxy) is 2. The summed E-state index contributed by atoms with van der Waals surface area (Å²) in [5.41, 5.74) is 9.47. The largest absolute Gasteiger partial charge is 0.449 e. The quantitative estimate of drug-likeness (QED) is 0.191. The minimum absolute atomic E-state index is 0.00765. The lowest BCUT2D eigenvalue weighted by molar-refractivity contribution is -0.193. The molecule has 2 saturated heterocycles. The molecule has 0 unspecified atom stereocenters. The van der Waals surface area contributed by atoms with Crippen LogP contribution in [0.1, 0.15) is 73.6 Å². The van der Waals surface area contributed by atoms with Crippen LogP contribution < -0.4 is 10.6 Å². The molecular formula is C52H52N4O10. The molecule has 4 heterocycles. The Morgan fingerprint density at radius 2 is 0.833 bits per heavy atom. The van der Waals surface area contributed by atoms with Crippen LogP contribution in [-0.2, 0) is 38.2 Å². The third kappa shape index (κ3) is 9.95. The first-order valence-electron chi connectivity index (χ1n) is 22.3. The number of amides is 4. The molecular weight excluding hydrogens is 841 g/mol. The highest BCUT2D eigenvalue weighted by molar-refractivity contribution is 5.88. The molecule has 0 spiro atoms. The maximum Gasteiger partial charge on any atom is 0.407 e. The molecule has 0 aromatic heterocycles. The molecule has 2 fully saturated rings. The Kier molecular flexibility index (Phi) is 15.2. The SMILES string of the molecule is C[C@@H]1C=C[C@H]2CCCN2C(=O)[C@H]1NC(=O)OCC1c2ccccc2-c2ccccc21.C[C@H]1C=C[C@H]2CCCN2C(=O)[C@H]1NC(=O)OCC1c2ccccc2-c2ccccc21.O=C=O.O=C=O. The van der Waals surface area contributed by atoms with Gasteiger partial charge in [0.05, 0.1) is 12.1 Å². The molecule has 4 amide bonds. The zero-order valence-electron chi connectivity index (χ0n) is 36.8. The normalized spacial score (nSPS) is 22.8. The Balaban J connectivity index is 0.000000176. The number of benzene rings is 4. The zero-order chi connectivity index (χ0) is 46.7. The number of carbonyl (C=O) groups is 4. The van der Waals surface area contributed by atoms with Crippen molar-refractivity contribution in [3.05, 3.63) is 144 Å². The molecule has 14 nitrogen and oxygen atoms in total. The molecule has 0 radical (unpaired) electrons. The molecule has 10 rings (SSSR count). The number of alkyl carbamates (subject to hydrolysis) is 2. The third-order valence-electron chi connectivity index (χ3n) is 13.3. The summed E-state index contributed by atoms with van der Waals surface area (Å²) in [5.74, 6) is -0.138. The van der Waals surface area contributed by atoms with Gasteiger partial charge in [0.15, 0.2) is 0 Å². The maximum absolute atomic E-state index is 13.0. The molecule has 6 aliphatic rings. The van der Waals surface area contributed by atoms with E-state index in [4.69, 9.17) is 28.7 Å². The predicted octanol–water partition coefficient (Wildman–Crippen LogP) is 7.01. The fraction of sp³-hybridized carbons (Fsp3) is 0.346. The van der Waals surface area contributed by atoms with Crippen LogP contribution >= 0.6 is 0 Å². The van der Waals surface area contributed by atoms with E-state index in [1.807, 2.05) is 84.3 Å². The molecule has 14 heteroatoms. The monoisotopic (exact) mass is 892 g/mol. The van der Waals surface area contributed by atoms with Gasteiger partial charge in [0.1, 0.15) is 25.3 Å². The number of rotatable bonds is 6. The Bertz CT molecular complexity index is 2290. The van der Waals surface area contributed by atoms with Crippen molar-refractivity contribution in [2.75, 3.05) is 26.3 Å². The van der Waals surface area contributed by atoms with Crippen molar-refractivity contribution in [1.82, 2.24) is 20.4 Å². The third-order valence-corrected chi connectivity index (χ3v) is 13.3. The van der Waals surface area contributed by atoms with E-state index < -0.39 is 24.3 Å². The lowest BCUT2D eigenvalue weighted by atomic mass is 9.98. The second-order valence-corrected chi connectivity index (χ2v) is 17.0. The summed E-state index contributed by atoms with van der Waals surface area (Å²) >= 11 is 0. The average molecular weight is 893 g/mol. The van der Waals surface area contributed by atoms with Gasteiger partial charge in [0, 0.05) is 36.8 Å². The van der Waals surface area contributed by atoms with Gasteiger partial charge in [0.2, 0.25) is 11.8 Å². The first-order chi connectivity index (χ1) is 32.1. The van der Waals surface area contributed by atoms with E-state index in [-0.39, 0.29) is 73.1 Å². The van der Waals surface area contributed by atoms with Gasteiger partial charge in [0.25, 0.3) is 0 Å². The van der Waals surface area contributed by atoms with E-state index in [9.17, 15) is 19.2 Å². The van der Waals surface area contributed by atoms with Crippen LogP contribution in [0.5, 0.6) is 0 Å². The molecule has 2 N–H and O–H groups in total. The van der Waals surface area contributed by atoms with Gasteiger partial charge < -0.3 is 29.9 Å². The number of carbonyl (C=O) groups excluding carboxylic acids is 8. The molecule has 340 valence electrons. The minimum Gasteiger partial charge on any atom is -0.449 e. The van der Waals surface area contributed by atoms with Crippen LogP contribution in [0.4, 0.5) is 9.59 Å². The molecule has 6 atom stereocenters. The number of nitrogens with one attached hydrogen (secondary N) is 2. The van der Waals surface area contributed by atoms with E-state index in [0.717, 1.165) is 38.8 Å². The van der Waals surface area contributed by atoms with Crippen molar-refractivity contribution in [3.8, 4) is 22.3 Å². The second kappa shape index (κ2) is 21.5. The smallest absolute Gasteiger partial charge is 0.407 e. The fourth-order valence-corrected chi connectivity index (χ4v) is 10.1. The molecule has 66 heavy (non-hydrogen) atoms. The summed E-state index contributed by atoms with van der Waals surface area (Å²) < 4.78 is 11.3.